The Morgan fingerprint density at radius 3 is 1.89 bits per heavy atom. The van der Waals surface area contributed by atoms with Crippen LogP contribution in [0, 0.1) is 0 Å². The smallest absolute Gasteiger partial charge is 0.224 e. The molecule has 19 heavy (non-hydrogen) atoms. The van der Waals surface area contributed by atoms with Crippen LogP contribution in [0.15, 0.2) is 0 Å². The largest absolute Gasteiger partial charge is 0.381 e. The molecule has 0 fully saturated rings. The maximum atomic E-state index is 12.1. The van der Waals surface area contributed by atoms with Gasteiger partial charge in [-0.1, -0.05) is 46.5 Å². The van der Waals surface area contributed by atoms with Crippen LogP contribution in [-0.4, -0.2) is 37.1 Å². The summed E-state index contributed by atoms with van der Waals surface area (Å²) in [6, 6.07) is 0. The van der Waals surface area contributed by atoms with Crippen LogP contribution >= 0.6 is 0 Å². The number of hydrogen-bond acceptors (Lipinski definition) is 2. The summed E-state index contributed by atoms with van der Waals surface area (Å²) in [6.45, 7) is 9.66. The van der Waals surface area contributed by atoms with Gasteiger partial charge in [0.05, 0.1) is 13.0 Å². The highest BCUT2D eigenvalue weighted by Gasteiger charge is 2.12. The molecule has 0 unspecified atom stereocenters. The van der Waals surface area contributed by atoms with Crippen molar-refractivity contribution >= 4 is 5.91 Å². The number of amides is 1. The van der Waals surface area contributed by atoms with Crippen LogP contribution in [-0.2, 0) is 9.53 Å². The zero-order valence-corrected chi connectivity index (χ0v) is 13.2. The Kier molecular flexibility index (Phi) is 13.4. The number of nitrogens with zero attached hydrogens (tertiary/aromatic N) is 1. The zero-order chi connectivity index (χ0) is 14.3. The molecule has 114 valence electrons. The van der Waals surface area contributed by atoms with Crippen LogP contribution in [0.1, 0.15) is 72.1 Å². The normalized spacial score (nSPS) is 10.7. The fourth-order valence-electron chi connectivity index (χ4n) is 2.03. The number of carbonyl (C=O) groups is 1. The first kappa shape index (κ1) is 18.4. The fourth-order valence-corrected chi connectivity index (χ4v) is 2.03. The minimum atomic E-state index is 0.267. The van der Waals surface area contributed by atoms with Crippen molar-refractivity contribution in [2.45, 2.75) is 72.1 Å². The molecule has 0 N–H and O–H groups in total. The summed E-state index contributed by atoms with van der Waals surface area (Å²) in [5, 5.41) is 0. The lowest BCUT2D eigenvalue weighted by Crippen LogP contribution is -2.33. The average Bonchev–Trinajstić information content (AvgIpc) is 2.42. The van der Waals surface area contributed by atoms with Crippen molar-refractivity contribution in [1.82, 2.24) is 4.90 Å². The topological polar surface area (TPSA) is 29.5 Å². The first-order chi connectivity index (χ1) is 9.26. The maximum absolute atomic E-state index is 12.1. The monoisotopic (exact) mass is 271 g/mol. The highest BCUT2D eigenvalue weighted by atomic mass is 16.5. The molecule has 0 aromatic carbocycles. The van der Waals surface area contributed by atoms with Gasteiger partial charge < -0.3 is 9.64 Å². The predicted octanol–water partition coefficient (Wildman–Crippen LogP) is 4.01. The Morgan fingerprint density at radius 1 is 0.842 bits per heavy atom. The van der Waals surface area contributed by atoms with Gasteiger partial charge in [-0.3, -0.25) is 4.79 Å². The zero-order valence-electron chi connectivity index (χ0n) is 13.2. The van der Waals surface area contributed by atoms with E-state index in [1.54, 1.807) is 0 Å². The molecule has 0 aromatic rings. The van der Waals surface area contributed by atoms with Crippen molar-refractivity contribution in [2.24, 2.45) is 0 Å². The second-order valence-electron chi connectivity index (χ2n) is 5.16. The highest BCUT2D eigenvalue weighted by molar-refractivity contribution is 5.76. The van der Waals surface area contributed by atoms with Gasteiger partial charge in [0.1, 0.15) is 0 Å². The van der Waals surface area contributed by atoms with Crippen LogP contribution < -0.4 is 0 Å². The molecule has 0 aliphatic carbocycles. The Bertz CT molecular complexity index is 197. The van der Waals surface area contributed by atoms with Gasteiger partial charge in [-0.2, -0.15) is 0 Å². The van der Waals surface area contributed by atoms with Crippen LogP contribution in [0.3, 0.4) is 0 Å². The molecule has 0 rings (SSSR count). The molecule has 0 atom stereocenters. The quantitative estimate of drug-likeness (QED) is 0.474. The summed E-state index contributed by atoms with van der Waals surface area (Å²) in [7, 11) is 0. The molecule has 0 radical (unpaired) electrons. The van der Waals surface area contributed by atoms with Gasteiger partial charge in [-0.05, 0) is 19.3 Å². The Hall–Kier alpha value is -0.570. The van der Waals surface area contributed by atoms with Crippen molar-refractivity contribution < 1.29 is 9.53 Å². The number of ether oxygens (including phenoxy) is 1. The molecule has 1 amide bonds. The number of hydrogen-bond donors (Lipinski definition) is 0. The minimum Gasteiger partial charge on any atom is -0.381 e. The summed E-state index contributed by atoms with van der Waals surface area (Å²) in [5.41, 5.74) is 0. The Morgan fingerprint density at radius 2 is 1.42 bits per heavy atom. The minimum absolute atomic E-state index is 0.267. The predicted molar refractivity (Wildman–Crippen MR) is 81.4 cm³/mol. The van der Waals surface area contributed by atoms with E-state index in [1.165, 1.54) is 25.7 Å². The summed E-state index contributed by atoms with van der Waals surface area (Å²) in [6.07, 6.45) is 8.65. The molecular formula is C16H33NO2. The molecule has 0 aliphatic heterocycles. The van der Waals surface area contributed by atoms with E-state index in [-0.39, 0.29) is 5.91 Å². The van der Waals surface area contributed by atoms with Crippen molar-refractivity contribution in [1.29, 1.82) is 0 Å². The lowest BCUT2D eigenvalue weighted by atomic mass is 10.2. The third kappa shape index (κ3) is 11.0. The third-order valence-electron chi connectivity index (χ3n) is 3.22. The Balaban J connectivity index is 3.94. The van der Waals surface area contributed by atoms with Gasteiger partial charge in [0.25, 0.3) is 0 Å². The maximum Gasteiger partial charge on any atom is 0.224 e. The van der Waals surface area contributed by atoms with E-state index in [0.717, 1.165) is 39.0 Å². The Labute approximate surface area is 119 Å². The van der Waals surface area contributed by atoms with E-state index >= 15 is 0 Å². The van der Waals surface area contributed by atoms with Crippen molar-refractivity contribution in [3.05, 3.63) is 0 Å². The number of carbonyl (C=O) groups excluding carboxylic acids is 1. The highest BCUT2D eigenvalue weighted by Crippen LogP contribution is 2.05. The second-order valence-corrected chi connectivity index (χ2v) is 5.16. The molecule has 0 saturated heterocycles. The summed E-state index contributed by atoms with van der Waals surface area (Å²) >= 11 is 0. The molecule has 0 aliphatic rings. The molecular weight excluding hydrogens is 238 g/mol. The molecule has 0 aromatic heterocycles. The average molecular weight is 271 g/mol. The fraction of sp³-hybridized carbons (Fsp3) is 0.938. The van der Waals surface area contributed by atoms with Gasteiger partial charge >= 0.3 is 0 Å². The summed E-state index contributed by atoms with van der Waals surface area (Å²) in [5.74, 6) is 0.267. The van der Waals surface area contributed by atoms with E-state index < -0.39 is 0 Å². The molecule has 0 heterocycles. The molecule has 3 heteroatoms. The first-order valence-corrected chi connectivity index (χ1v) is 8.11. The van der Waals surface area contributed by atoms with Crippen LogP contribution in [0.4, 0.5) is 0 Å². The second kappa shape index (κ2) is 13.9. The van der Waals surface area contributed by atoms with E-state index in [9.17, 15) is 4.79 Å². The van der Waals surface area contributed by atoms with Gasteiger partial charge in [-0.25, -0.2) is 0 Å². The summed E-state index contributed by atoms with van der Waals surface area (Å²) < 4.78 is 5.41. The van der Waals surface area contributed by atoms with E-state index in [4.69, 9.17) is 4.74 Å². The molecule has 0 bridgehead atoms. The van der Waals surface area contributed by atoms with Crippen LogP contribution in [0.5, 0.6) is 0 Å². The van der Waals surface area contributed by atoms with Gasteiger partial charge in [-0.15, -0.1) is 0 Å². The SMILES string of the molecule is CCCCCN(CCCCC)C(=O)CCOCCC. The first-order valence-electron chi connectivity index (χ1n) is 8.11. The number of rotatable bonds is 13. The van der Waals surface area contributed by atoms with Gasteiger partial charge in [0.2, 0.25) is 5.91 Å². The third-order valence-corrected chi connectivity index (χ3v) is 3.22. The number of unbranched alkanes of at least 4 members (excludes halogenated alkanes) is 4. The van der Waals surface area contributed by atoms with Gasteiger partial charge in [0, 0.05) is 19.7 Å². The van der Waals surface area contributed by atoms with Gasteiger partial charge in [0.15, 0.2) is 0 Å². The molecule has 3 nitrogen and oxygen atoms in total. The van der Waals surface area contributed by atoms with Crippen molar-refractivity contribution in [3.63, 3.8) is 0 Å². The molecule has 0 saturated carbocycles. The van der Waals surface area contributed by atoms with E-state index in [1.807, 2.05) is 4.90 Å². The van der Waals surface area contributed by atoms with E-state index in [2.05, 4.69) is 20.8 Å². The lowest BCUT2D eigenvalue weighted by Gasteiger charge is -2.22. The van der Waals surface area contributed by atoms with Crippen molar-refractivity contribution in [3.8, 4) is 0 Å². The van der Waals surface area contributed by atoms with Crippen LogP contribution in [0.2, 0.25) is 0 Å². The van der Waals surface area contributed by atoms with Crippen molar-refractivity contribution in [2.75, 3.05) is 26.3 Å². The standard InChI is InChI=1S/C16H33NO2/c1-4-7-9-12-17(13-10-8-5-2)16(18)11-15-19-14-6-3/h4-15H2,1-3H3. The summed E-state index contributed by atoms with van der Waals surface area (Å²) in [4.78, 5) is 14.2. The van der Waals surface area contributed by atoms with Crippen LogP contribution in [0.25, 0.3) is 0 Å². The molecule has 0 spiro atoms. The van der Waals surface area contributed by atoms with E-state index in [0.29, 0.717) is 13.0 Å². The lowest BCUT2D eigenvalue weighted by molar-refractivity contribution is -0.132.